The SMILES string of the molecule is COc1ccc(CCN)cc1OCCc1cnn(C)c1. The highest BCUT2D eigenvalue weighted by atomic mass is 16.5. The number of aromatic nitrogens is 2. The topological polar surface area (TPSA) is 62.3 Å². The van der Waals surface area contributed by atoms with Gasteiger partial charge in [-0.15, -0.1) is 0 Å². The van der Waals surface area contributed by atoms with E-state index in [0.29, 0.717) is 13.2 Å². The van der Waals surface area contributed by atoms with Gasteiger partial charge in [-0.1, -0.05) is 6.07 Å². The maximum absolute atomic E-state index is 5.83. The van der Waals surface area contributed by atoms with Crippen LogP contribution in [0, 0.1) is 0 Å². The Kier molecular flexibility index (Phi) is 5.01. The molecule has 1 heterocycles. The van der Waals surface area contributed by atoms with Gasteiger partial charge in [0.1, 0.15) is 0 Å². The third-order valence-electron chi connectivity index (χ3n) is 3.07. The van der Waals surface area contributed by atoms with E-state index in [2.05, 4.69) is 5.10 Å². The molecule has 5 heteroatoms. The quantitative estimate of drug-likeness (QED) is 0.833. The van der Waals surface area contributed by atoms with Gasteiger partial charge >= 0.3 is 0 Å². The number of methoxy groups -OCH3 is 1. The van der Waals surface area contributed by atoms with Gasteiger partial charge in [0, 0.05) is 19.7 Å². The Balaban J connectivity index is 1.98. The van der Waals surface area contributed by atoms with Gasteiger partial charge in [0.05, 0.1) is 19.9 Å². The Morgan fingerprint density at radius 3 is 2.70 bits per heavy atom. The standard InChI is InChI=1S/C15H21N3O2/c1-18-11-13(10-17-18)6-8-20-15-9-12(5-7-16)3-4-14(15)19-2/h3-4,9-11H,5-8,16H2,1-2H3. The van der Waals surface area contributed by atoms with Gasteiger partial charge in [-0.3, -0.25) is 4.68 Å². The highest BCUT2D eigenvalue weighted by Crippen LogP contribution is 2.28. The lowest BCUT2D eigenvalue weighted by Crippen LogP contribution is -2.05. The predicted molar refractivity (Wildman–Crippen MR) is 78.2 cm³/mol. The lowest BCUT2D eigenvalue weighted by molar-refractivity contribution is 0.297. The summed E-state index contributed by atoms with van der Waals surface area (Å²) in [6.07, 6.45) is 5.50. The summed E-state index contributed by atoms with van der Waals surface area (Å²) in [5.74, 6) is 1.51. The molecule has 1 aromatic heterocycles. The number of nitrogens with two attached hydrogens (primary N) is 1. The molecule has 20 heavy (non-hydrogen) atoms. The van der Waals surface area contributed by atoms with Crippen molar-refractivity contribution in [3.8, 4) is 11.5 Å². The summed E-state index contributed by atoms with van der Waals surface area (Å²) in [6.45, 7) is 1.22. The molecule has 0 fully saturated rings. The third kappa shape index (κ3) is 3.74. The van der Waals surface area contributed by atoms with Crippen LogP contribution >= 0.6 is 0 Å². The predicted octanol–water partition coefficient (Wildman–Crippen LogP) is 1.55. The Hall–Kier alpha value is -2.01. The average Bonchev–Trinajstić information content (AvgIpc) is 2.85. The van der Waals surface area contributed by atoms with Crippen molar-refractivity contribution < 1.29 is 9.47 Å². The molecule has 2 N–H and O–H groups in total. The molecule has 0 bridgehead atoms. The molecule has 0 radical (unpaired) electrons. The summed E-state index contributed by atoms with van der Waals surface area (Å²) in [5, 5.41) is 4.14. The molecule has 5 nitrogen and oxygen atoms in total. The van der Waals surface area contributed by atoms with Crippen LogP contribution in [0.2, 0.25) is 0 Å². The fourth-order valence-corrected chi connectivity index (χ4v) is 2.04. The summed E-state index contributed by atoms with van der Waals surface area (Å²) in [4.78, 5) is 0. The van der Waals surface area contributed by atoms with Crippen molar-refractivity contribution in [1.82, 2.24) is 9.78 Å². The first-order valence-electron chi connectivity index (χ1n) is 6.70. The van der Waals surface area contributed by atoms with Crippen molar-refractivity contribution in [3.05, 3.63) is 41.7 Å². The van der Waals surface area contributed by atoms with Crippen LogP contribution in [0.15, 0.2) is 30.6 Å². The maximum Gasteiger partial charge on any atom is 0.161 e. The molecule has 2 rings (SSSR count). The highest BCUT2D eigenvalue weighted by Gasteiger charge is 2.06. The van der Waals surface area contributed by atoms with Crippen LogP contribution in [0.5, 0.6) is 11.5 Å². The van der Waals surface area contributed by atoms with Crippen LogP contribution in [-0.2, 0) is 19.9 Å². The molecule has 0 spiro atoms. The second kappa shape index (κ2) is 6.96. The second-order valence-corrected chi connectivity index (χ2v) is 4.64. The van der Waals surface area contributed by atoms with E-state index in [0.717, 1.165) is 35.5 Å². The second-order valence-electron chi connectivity index (χ2n) is 4.64. The fraction of sp³-hybridized carbons (Fsp3) is 0.400. The number of rotatable bonds is 7. The summed E-state index contributed by atoms with van der Waals surface area (Å²) in [5.41, 5.74) is 7.89. The lowest BCUT2D eigenvalue weighted by Gasteiger charge is -2.12. The van der Waals surface area contributed by atoms with Crippen molar-refractivity contribution in [2.45, 2.75) is 12.8 Å². The Morgan fingerprint density at radius 1 is 1.20 bits per heavy atom. The molecule has 0 aliphatic rings. The van der Waals surface area contributed by atoms with Gasteiger partial charge in [0.2, 0.25) is 0 Å². The molecule has 0 amide bonds. The van der Waals surface area contributed by atoms with E-state index in [4.69, 9.17) is 15.2 Å². The maximum atomic E-state index is 5.83. The number of nitrogens with zero attached hydrogens (tertiary/aromatic N) is 2. The first kappa shape index (κ1) is 14.4. The zero-order valence-corrected chi connectivity index (χ0v) is 12.0. The minimum atomic E-state index is 0.591. The van der Waals surface area contributed by atoms with Crippen LogP contribution in [0.25, 0.3) is 0 Å². The lowest BCUT2D eigenvalue weighted by atomic mass is 10.1. The monoisotopic (exact) mass is 275 g/mol. The third-order valence-corrected chi connectivity index (χ3v) is 3.07. The minimum absolute atomic E-state index is 0.591. The molecule has 2 aromatic rings. The number of aryl methyl sites for hydroxylation is 1. The molecule has 108 valence electrons. The van der Waals surface area contributed by atoms with Crippen molar-refractivity contribution in [2.75, 3.05) is 20.3 Å². The van der Waals surface area contributed by atoms with E-state index in [1.54, 1.807) is 11.8 Å². The normalized spacial score (nSPS) is 10.6. The van der Waals surface area contributed by atoms with Gasteiger partial charge in [-0.05, 0) is 36.2 Å². The van der Waals surface area contributed by atoms with Crippen LogP contribution < -0.4 is 15.2 Å². The van der Waals surface area contributed by atoms with Crippen LogP contribution in [0.3, 0.4) is 0 Å². The largest absolute Gasteiger partial charge is 0.493 e. The molecule has 0 unspecified atom stereocenters. The number of hydrogen-bond acceptors (Lipinski definition) is 4. The molecule has 0 saturated heterocycles. The number of ether oxygens (including phenoxy) is 2. The number of benzene rings is 1. The first-order valence-corrected chi connectivity index (χ1v) is 6.70. The average molecular weight is 275 g/mol. The van der Waals surface area contributed by atoms with Gasteiger partial charge in [0.15, 0.2) is 11.5 Å². The molecule has 0 aliphatic carbocycles. The zero-order valence-electron chi connectivity index (χ0n) is 12.0. The van der Waals surface area contributed by atoms with Crippen molar-refractivity contribution >= 4 is 0 Å². The first-order chi connectivity index (χ1) is 9.72. The van der Waals surface area contributed by atoms with Crippen molar-refractivity contribution in [3.63, 3.8) is 0 Å². The van der Waals surface area contributed by atoms with E-state index >= 15 is 0 Å². The van der Waals surface area contributed by atoms with E-state index in [9.17, 15) is 0 Å². The van der Waals surface area contributed by atoms with E-state index in [1.165, 1.54) is 0 Å². The molecular formula is C15H21N3O2. The van der Waals surface area contributed by atoms with Gasteiger partial charge in [-0.2, -0.15) is 5.10 Å². The fourth-order valence-electron chi connectivity index (χ4n) is 2.04. The molecule has 0 atom stereocenters. The van der Waals surface area contributed by atoms with Gasteiger partial charge in [-0.25, -0.2) is 0 Å². The van der Waals surface area contributed by atoms with Crippen LogP contribution in [-0.4, -0.2) is 30.0 Å². The summed E-state index contributed by atoms with van der Waals surface area (Å²) >= 11 is 0. The van der Waals surface area contributed by atoms with E-state index in [-0.39, 0.29) is 0 Å². The smallest absolute Gasteiger partial charge is 0.161 e. The van der Waals surface area contributed by atoms with Gasteiger partial charge < -0.3 is 15.2 Å². The summed E-state index contributed by atoms with van der Waals surface area (Å²) in [7, 11) is 3.55. The van der Waals surface area contributed by atoms with Crippen molar-refractivity contribution in [2.24, 2.45) is 12.8 Å². The number of hydrogen-bond donors (Lipinski definition) is 1. The van der Waals surface area contributed by atoms with E-state index in [1.807, 2.05) is 37.6 Å². The molecule has 0 aliphatic heterocycles. The highest BCUT2D eigenvalue weighted by molar-refractivity contribution is 5.43. The zero-order chi connectivity index (χ0) is 14.4. The van der Waals surface area contributed by atoms with Gasteiger partial charge in [0.25, 0.3) is 0 Å². The summed E-state index contributed by atoms with van der Waals surface area (Å²) < 4.78 is 12.9. The van der Waals surface area contributed by atoms with E-state index < -0.39 is 0 Å². The Bertz CT molecular complexity index is 552. The van der Waals surface area contributed by atoms with Crippen LogP contribution in [0.4, 0.5) is 0 Å². The van der Waals surface area contributed by atoms with Crippen molar-refractivity contribution in [1.29, 1.82) is 0 Å². The molecule has 0 saturated carbocycles. The molecular weight excluding hydrogens is 254 g/mol. The minimum Gasteiger partial charge on any atom is -0.493 e. The Morgan fingerprint density at radius 2 is 2.05 bits per heavy atom. The van der Waals surface area contributed by atoms with Crippen LogP contribution in [0.1, 0.15) is 11.1 Å². The Labute approximate surface area is 119 Å². The molecule has 1 aromatic carbocycles. The summed E-state index contributed by atoms with van der Waals surface area (Å²) in [6, 6.07) is 5.93.